The summed E-state index contributed by atoms with van der Waals surface area (Å²) in [6.45, 7) is 1.02. The van der Waals surface area contributed by atoms with Crippen LogP contribution in [0, 0.1) is 5.92 Å². The number of hydrogen-bond acceptors (Lipinski definition) is 3. The van der Waals surface area contributed by atoms with Crippen LogP contribution in [0.2, 0.25) is 0 Å². The predicted molar refractivity (Wildman–Crippen MR) is 85.4 cm³/mol. The second kappa shape index (κ2) is 8.03. The predicted octanol–water partition coefficient (Wildman–Crippen LogP) is 3.02. The fourth-order valence-electron chi connectivity index (χ4n) is 2.89. The Labute approximate surface area is 126 Å². The average Bonchev–Trinajstić information content (AvgIpc) is 2.48. The number of carboxylic acid groups (broad SMARTS) is 1. The summed E-state index contributed by atoms with van der Waals surface area (Å²) in [7, 11) is 0. The van der Waals surface area contributed by atoms with Crippen molar-refractivity contribution in [3.8, 4) is 0 Å². The molecule has 4 N–H and O–H groups in total. The monoisotopic (exact) mass is 290 g/mol. The zero-order valence-electron chi connectivity index (χ0n) is 12.6. The van der Waals surface area contributed by atoms with Crippen molar-refractivity contribution in [3.05, 3.63) is 29.8 Å². The van der Waals surface area contributed by atoms with Crippen LogP contribution in [0.1, 0.15) is 44.1 Å². The maximum absolute atomic E-state index is 10.5. The van der Waals surface area contributed by atoms with Crippen molar-refractivity contribution in [2.45, 2.75) is 51.0 Å². The van der Waals surface area contributed by atoms with Crippen molar-refractivity contribution in [3.63, 3.8) is 0 Å². The SMILES string of the molecule is N[C@H]1CC[C@H](CNc2ccc(CCCC(=O)O)cc2)CC1. The highest BCUT2D eigenvalue weighted by atomic mass is 16.4. The van der Waals surface area contributed by atoms with Gasteiger partial charge >= 0.3 is 5.97 Å². The van der Waals surface area contributed by atoms with Gasteiger partial charge in [0.05, 0.1) is 0 Å². The number of nitrogens with two attached hydrogens (primary N) is 1. The smallest absolute Gasteiger partial charge is 0.303 e. The first-order valence-corrected chi connectivity index (χ1v) is 7.93. The molecular weight excluding hydrogens is 264 g/mol. The summed E-state index contributed by atoms with van der Waals surface area (Å²) in [5, 5.41) is 12.1. The number of aryl methyl sites for hydroxylation is 1. The second-order valence-corrected chi connectivity index (χ2v) is 6.11. The van der Waals surface area contributed by atoms with Crippen molar-refractivity contribution < 1.29 is 9.90 Å². The molecule has 1 aliphatic rings. The minimum atomic E-state index is -0.722. The molecule has 1 aromatic carbocycles. The molecule has 0 aliphatic heterocycles. The molecule has 1 fully saturated rings. The standard InChI is InChI=1S/C17H26N2O2/c18-15-8-4-14(5-9-15)12-19-16-10-6-13(7-11-16)2-1-3-17(20)21/h6-7,10-11,14-15,19H,1-5,8-9,12,18H2,(H,20,21)/t14-,15-. The molecule has 0 unspecified atom stereocenters. The summed E-state index contributed by atoms with van der Waals surface area (Å²) >= 11 is 0. The minimum Gasteiger partial charge on any atom is -0.481 e. The van der Waals surface area contributed by atoms with Crippen LogP contribution in [0.15, 0.2) is 24.3 Å². The lowest BCUT2D eigenvalue weighted by atomic mass is 9.86. The van der Waals surface area contributed by atoms with Gasteiger partial charge in [0.1, 0.15) is 0 Å². The van der Waals surface area contributed by atoms with E-state index in [9.17, 15) is 4.79 Å². The highest BCUT2D eigenvalue weighted by Gasteiger charge is 2.17. The normalized spacial score (nSPS) is 22.0. The zero-order chi connectivity index (χ0) is 15.1. The number of rotatable bonds is 7. The molecule has 0 bridgehead atoms. The van der Waals surface area contributed by atoms with E-state index in [0.717, 1.165) is 37.4 Å². The van der Waals surface area contributed by atoms with E-state index in [2.05, 4.69) is 29.6 Å². The molecule has 2 rings (SSSR count). The van der Waals surface area contributed by atoms with Gasteiger partial charge in [0, 0.05) is 24.7 Å². The second-order valence-electron chi connectivity index (χ2n) is 6.11. The van der Waals surface area contributed by atoms with Gasteiger partial charge < -0.3 is 16.2 Å². The van der Waals surface area contributed by atoms with Gasteiger partial charge in [0.15, 0.2) is 0 Å². The summed E-state index contributed by atoms with van der Waals surface area (Å²) in [5.41, 5.74) is 8.27. The summed E-state index contributed by atoms with van der Waals surface area (Å²) in [6, 6.07) is 8.75. The molecule has 0 heterocycles. The topological polar surface area (TPSA) is 75.3 Å². The number of nitrogens with one attached hydrogen (secondary N) is 1. The summed E-state index contributed by atoms with van der Waals surface area (Å²) < 4.78 is 0. The van der Waals surface area contributed by atoms with E-state index in [0.29, 0.717) is 12.5 Å². The molecule has 1 saturated carbocycles. The van der Waals surface area contributed by atoms with Gasteiger partial charge in [-0.2, -0.15) is 0 Å². The van der Waals surface area contributed by atoms with Gasteiger partial charge in [-0.25, -0.2) is 0 Å². The number of aliphatic carboxylic acids is 1. The first-order chi connectivity index (χ1) is 10.1. The molecule has 4 heteroatoms. The van der Waals surface area contributed by atoms with Crippen molar-refractivity contribution in [2.24, 2.45) is 11.7 Å². The Kier molecular flexibility index (Phi) is 6.05. The number of anilines is 1. The Morgan fingerprint density at radius 3 is 2.48 bits per heavy atom. The van der Waals surface area contributed by atoms with Crippen molar-refractivity contribution >= 4 is 11.7 Å². The van der Waals surface area contributed by atoms with Crippen LogP contribution < -0.4 is 11.1 Å². The Bertz CT molecular complexity index is 437. The number of benzene rings is 1. The Morgan fingerprint density at radius 2 is 1.86 bits per heavy atom. The van der Waals surface area contributed by atoms with Gasteiger partial charge in [-0.1, -0.05) is 12.1 Å². The fourth-order valence-corrected chi connectivity index (χ4v) is 2.89. The maximum Gasteiger partial charge on any atom is 0.303 e. The molecule has 1 aliphatic carbocycles. The van der Waals surface area contributed by atoms with E-state index in [1.807, 2.05) is 0 Å². The van der Waals surface area contributed by atoms with Crippen LogP contribution in [0.25, 0.3) is 0 Å². The molecule has 0 spiro atoms. The first-order valence-electron chi connectivity index (χ1n) is 7.93. The number of hydrogen-bond donors (Lipinski definition) is 3. The average molecular weight is 290 g/mol. The van der Waals surface area contributed by atoms with Crippen LogP contribution in [-0.4, -0.2) is 23.7 Å². The molecule has 21 heavy (non-hydrogen) atoms. The molecule has 0 radical (unpaired) electrons. The van der Waals surface area contributed by atoms with Crippen LogP contribution in [0.3, 0.4) is 0 Å². The summed E-state index contributed by atoms with van der Waals surface area (Å²) in [5.74, 6) is 0.0144. The quantitative estimate of drug-likeness (QED) is 0.721. The Morgan fingerprint density at radius 1 is 1.19 bits per heavy atom. The molecule has 1 aromatic rings. The van der Waals surface area contributed by atoms with E-state index in [-0.39, 0.29) is 6.42 Å². The molecule has 0 aromatic heterocycles. The fraction of sp³-hybridized carbons (Fsp3) is 0.588. The summed E-state index contributed by atoms with van der Waals surface area (Å²) in [6.07, 6.45) is 6.51. The largest absolute Gasteiger partial charge is 0.481 e. The van der Waals surface area contributed by atoms with Crippen LogP contribution in [0.5, 0.6) is 0 Å². The third-order valence-electron chi connectivity index (χ3n) is 4.30. The van der Waals surface area contributed by atoms with Gasteiger partial charge in [-0.15, -0.1) is 0 Å². The third-order valence-corrected chi connectivity index (χ3v) is 4.30. The number of carbonyl (C=O) groups is 1. The van der Waals surface area contributed by atoms with Gasteiger partial charge in [-0.05, 0) is 62.1 Å². The van der Waals surface area contributed by atoms with Gasteiger partial charge in [-0.3, -0.25) is 4.79 Å². The lowest BCUT2D eigenvalue weighted by Gasteiger charge is -2.26. The lowest BCUT2D eigenvalue weighted by Crippen LogP contribution is -2.29. The Balaban J connectivity index is 1.70. The van der Waals surface area contributed by atoms with E-state index < -0.39 is 5.97 Å². The van der Waals surface area contributed by atoms with E-state index in [1.54, 1.807) is 0 Å². The Hall–Kier alpha value is -1.55. The van der Waals surface area contributed by atoms with Gasteiger partial charge in [0.25, 0.3) is 0 Å². The van der Waals surface area contributed by atoms with Crippen molar-refractivity contribution in [2.75, 3.05) is 11.9 Å². The maximum atomic E-state index is 10.5. The first kappa shape index (κ1) is 15.8. The van der Waals surface area contributed by atoms with Crippen LogP contribution in [0.4, 0.5) is 5.69 Å². The van der Waals surface area contributed by atoms with Crippen LogP contribution >= 0.6 is 0 Å². The van der Waals surface area contributed by atoms with E-state index in [4.69, 9.17) is 10.8 Å². The molecular formula is C17H26N2O2. The highest BCUT2D eigenvalue weighted by molar-refractivity contribution is 5.66. The van der Waals surface area contributed by atoms with E-state index in [1.165, 1.54) is 18.4 Å². The molecule has 0 saturated heterocycles. The lowest BCUT2D eigenvalue weighted by molar-refractivity contribution is -0.137. The van der Waals surface area contributed by atoms with Crippen molar-refractivity contribution in [1.82, 2.24) is 0 Å². The minimum absolute atomic E-state index is 0.240. The van der Waals surface area contributed by atoms with E-state index >= 15 is 0 Å². The molecule has 0 atom stereocenters. The molecule has 4 nitrogen and oxygen atoms in total. The van der Waals surface area contributed by atoms with Crippen molar-refractivity contribution in [1.29, 1.82) is 0 Å². The number of carboxylic acids is 1. The third kappa shape index (κ3) is 5.76. The highest BCUT2D eigenvalue weighted by Crippen LogP contribution is 2.23. The van der Waals surface area contributed by atoms with Gasteiger partial charge in [0.2, 0.25) is 0 Å². The molecule has 0 amide bonds. The van der Waals surface area contributed by atoms with Crippen LogP contribution in [-0.2, 0) is 11.2 Å². The molecule has 116 valence electrons. The zero-order valence-corrected chi connectivity index (χ0v) is 12.6. The summed E-state index contributed by atoms with van der Waals surface area (Å²) in [4.78, 5) is 10.5.